The van der Waals surface area contributed by atoms with Crippen LogP contribution in [0.2, 0.25) is 0 Å². The van der Waals surface area contributed by atoms with Crippen LogP contribution in [-0.2, 0) is 16.6 Å². The number of amides is 1. The summed E-state index contributed by atoms with van der Waals surface area (Å²) in [5.74, 6) is -2.13. The van der Waals surface area contributed by atoms with Crippen molar-refractivity contribution in [2.45, 2.75) is 44.2 Å². The molecule has 224 valence electrons. The van der Waals surface area contributed by atoms with Crippen molar-refractivity contribution >= 4 is 40.1 Å². The minimum Gasteiger partial charge on any atom is -0.352 e. The molecule has 0 aromatic heterocycles. The predicted molar refractivity (Wildman–Crippen MR) is 173 cm³/mol. The van der Waals surface area contributed by atoms with E-state index in [0.29, 0.717) is 16.8 Å². The monoisotopic (exact) mass is 597 g/mol. The smallest absolute Gasteiger partial charge is 0.269 e. The molecule has 4 aromatic carbocycles. The van der Waals surface area contributed by atoms with Gasteiger partial charge in [-0.05, 0) is 54.3 Å². The fourth-order valence-corrected chi connectivity index (χ4v) is 7.61. The van der Waals surface area contributed by atoms with E-state index in [1.807, 2.05) is 78.6 Å². The number of nitro groups is 1. The molecule has 1 N–H and O–H groups in total. The standard InChI is InChI=1S/C37H31N3O5/c1-3-8-23-13-15-24(16-14-23)34(41)32-33(35(42)25-17-19-26(20-18-25)40(44)45)39-30-12-7-4-9-27(30)22(2)21-31(39)37(32)28-10-5-6-11-29(28)38-36(37)43/h4-7,9-21,31-33H,3,8H2,1-2H3,(H,38,43)/t31-,32+,33+,37-/m1/s1. The molecule has 4 atom stereocenters. The number of ketones is 2. The van der Waals surface area contributed by atoms with Crippen LogP contribution in [0, 0.1) is 16.0 Å². The number of Topliss-reactive ketones (excluding diaryl/α,β-unsaturated/α-hetero) is 2. The Hall–Kier alpha value is -5.37. The van der Waals surface area contributed by atoms with Gasteiger partial charge in [-0.2, -0.15) is 0 Å². The summed E-state index contributed by atoms with van der Waals surface area (Å²) >= 11 is 0. The summed E-state index contributed by atoms with van der Waals surface area (Å²) in [6, 6.07) is 26.3. The number of carbonyl (C=O) groups excluding carboxylic acids is 3. The van der Waals surface area contributed by atoms with Crippen LogP contribution in [-0.4, -0.2) is 34.5 Å². The van der Waals surface area contributed by atoms with E-state index in [1.54, 1.807) is 12.1 Å². The largest absolute Gasteiger partial charge is 0.352 e. The lowest BCUT2D eigenvalue weighted by molar-refractivity contribution is -0.384. The van der Waals surface area contributed by atoms with E-state index in [4.69, 9.17) is 0 Å². The Morgan fingerprint density at radius 2 is 1.53 bits per heavy atom. The molecule has 1 amide bonds. The maximum atomic E-state index is 15.0. The minimum absolute atomic E-state index is 0.141. The molecule has 0 saturated carbocycles. The van der Waals surface area contributed by atoms with Crippen molar-refractivity contribution in [1.82, 2.24) is 0 Å². The lowest BCUT2D eigenvalue weighted by Gasteiger charge is -2.39. The van der Waals surface area contributed by atoms with Gasteiger partial charge in [0.05, 0.1) is 16.9 Å². The van der Waals surface area contributed by atoms with Crippen LogP contribution >= 0.6 is 0 Å². The van der Waals surface area contributed by atoms with Crippen LogP contribution in [0.1, 0.15) is 57.7 Å². The number of nitrogens with zero attached hydrogens (tertiary/aromatic N) is 2. The molecule has 0 bridgehead atoms. The van der Waals surface area contributed by atoms with E-state index in [0.717, 1.165) is 35.2 Å². The predicted octanol–water partition coefficient (Wildman–Crippen LogP) is 6.79. The quantitative estimate of drug-likeness (QED) is 0.143. The molecule has 3 heterocycles. The maximum Gasteiger partial charge on any atom is 0.269 e. The second-order valence-corrected chi connectivity index (χ2v) is 12.0. The summed E-state index contributed by atoms with van der Waals surface area (Å²) in [5.41, 5.74) is 4.09. The number of aryl methyl sites for hydroxylation is 1. The number of fused-ring (bicyclic) bond motifs is 6. The van der Waals surface area contributed by atoms with Crippen molar-refractivity contribution < 1.29 is 19.3 Å². The van der Waals surface area contributed by atoms with Gasteiger partial charge in [0.1, 0.15) is 11.5 Å². The Morgan fingerprint density at radius 3 is 2.24 bits per heavy atom. The topological polar surface area (TPSA) is 110 Å². The van der Waals surface area contributed by atoms with E-state index in [1.165, 1.54) is 24.3 Å². The zero-order valence-corrected chi connectivity index (χ0v) is 24.9. The van der Waals surface area contributed by atoms with E-state index < -0.39 is 28.3 Å². The summed E-state index contributed by atoms with van der Waals surface area (Å²) in [5, 5.41) is 14.4. The molecule has 1 fully saturated rings. The molecule has 8 heteroatoms. The zero-order valence-electron chi connectivity index (χ0n) is 24.9. The average molecular weight is 598 g/mol. The molecule has 1 spiro atoms. The first-order valence-corrected chi connectivity index (χ1v) is 15.2. The highest BCUT2D eigenvalue weighted by Gasteiger charge is 2.70. The Kier molecular flexibility index (Phi) is 6.73. The van der Waals surface area contributed by atoms with Crippen LogP contribution in [0.15, 0.2) is 103 Å². The van der Waals surface area contributed by atoms with Crippen molar-refractivity contribution in [3.63, 3.8) is 0 Å². The van der Waals surface area contributed by atoms with Gasteiger partial charge in [0.15, 0.2) is 11.6 Å². The van der Waals surface area contributed by atoms with Crippen LogP contribution < -0.4 is 10.2 Å². The molecular weight excluding hydrogens is 566 g/mol. The van der Waals surface area contributed by atoms with Gasteiger partial charge >= 0.3 is 0 Å². The molecule has 0 unspecified atom stereocenters. The third-order valence-corrected chi connectivity index (χ3v) is 9.57. The fraction of sp³-hybridized carbons (Fsp3) is 0.216. The van der Waals surface area contributed by atoms with Crippen molar-refractivity contribution in [3.8, 4) is 0 Å². The summed E-state index contributed by atoms with van der Waals surface area (Å²) in [6.45, 7) is 4.08. The second kappa shape index (κ2) is 10.7. The van der Waals surface area contributed by atoms with E-state index in [2.05, 4.69) is 12.2 Å². The highest BCUT2D eigenvalue weighted by Crippen LogP contribution is 2.58. The molecule has 45 heavy (non-hydrogen) atoms. The van der Waals surface area contributed by atoms with Gasteiger partial charge in [0, 0.05) is 40.2 Å². The van der Waals surface area contributed by atoms with Crippen molar-refractivity contribution in [1.29, 1.82) is 0 Å². The number of rotatable bonds is 7. The lowest BCUT2D eigenvalue weighted by Crippen LogP contribution is -2.51. The third kappa shape index (κ3) is 4.16. The molecule has 4 aromatic rings. The number of hydrogen-bond acceptors (Lipinski definition) is 6. The molecule has 1 saturated heterocycles. The Balaban J connectivity index is 1.50. The van der Waals surface area contributed by atoms with Crippen LogP contribution in [0.25, 0.3) is 5.57 Å². The number of hydrogen-bond donors (Lipinski definition) is 1. The van der Waals surface area contributed by atoms with Crippen molar-refractivity contribution in [3.05, 3.63) is 141 Å². The van der Waals surface area contributed by atoms with Gasteiger partial charge in [-0.1, -0.05) is 80.1 Å². The number of nitrogens with one attached hydrogen (secondary N) is 1. The fourth-order valence-electron chi connectivity index (χ4n) is 7.61. The molecular formula is C37H31N3O5. The Morgan fingerprint density at radius 1 is 0.889 bits per heavy atom. The van der Waals surface area contributed by atoms with Crippen molar-refractivity contribution in [2.24, 2.45) is 5.92 Å². The minimum atomic E-state index is -1.42. The van der Waals surface area contributed by atoms with Crippen LogP contribution in [0.4, 0.5) is 17.1 Å². The number of anilines is 2. The number of non-ortho nitro benzene ring substituents is 1. The van der Waals surface area contributed by atoms with Crippen LogP contribution in [0.3, 0.4) is 0 Å². The maximum absolute atomic E-state index is 15.0. The van der Waals surface area contributed by atoms with Crippen molar-refractivity contribution in [2.75, 3.05) is 10.2 Å². The number of nitro benzene ring substituents is 1. The highest BCUT2D eigenvalue weighted by molar-refractivity contribution is 6.18. The van der Waals surface area contributed by atoms with Gasteiger partial charge in [0.2, 0.25) is 5.91 Å². The Labute approximate surface area is 260 Å². The number of benzene rings is 4. The molecule has 0 aliphatic carbocycles. The first-order valence-electron chi connectivity index (χ1n) is 15.2. The average Bonchev–Trinajstić information content (AvgIpc) is 3.53. The number of carbonyl (C=O) groups is 3. The third-order valence-electron chi connectivity index (χ3n) is 9.57. The van der Waals surface area contributed by atoms with Crippen LogP contribution in [0.5, 0.6) is 0 Å². The number of allylic oxidation sites excluding steroid dienone is 1. The summed E-state index contributed by atoms with van der Waals surface area (Å²) in [4.78, 5) is 57.2. The van der Waals surface area contributed by atoms with E-state index >= 15 is 0 Å². The summed E-state index contributed by atoms with van der Waals surface area (Å²) in [7, 11) is 0. The van der Waals surface area contributed by atoms with Gasteiger partial charge in [0.25, 0.3) is 5.69 Å². The molecule has 3 aliphatic heterocycles. The van der Waals surface area contributed by atoms with Gasteiger partial charge in [-0.3, -0.25) is 24.5 Å². The zero-order chi connectivity index (χ0) is 31.5. The second-order valence-electron chi connectivity index (χ2n) is 12.0. The van der Waals surface area contributed by atoms with Gasteiger partial charge < -0.3 is 10.2 Å². The highest BCUT2D eigenvalue weighted by atomic mass is 16.6. The first-order chi connectivity index (χ1) is 21.8. The SMILES string of the molecule is CCCc1ccc(C(=O)[C@@H]2[C@@H](C(=O)c3ccc([N+](=O)[O-])cc3)N3c4ccccc4C(C)=C[C@@H]3[C@@]23C(=O)Nc2ccccc23)cc1. The Bertz CT molecular complexity index is 1910. The molecule has 3 aliphatic rings. The van der Waals surface area contributed by atoms with Gasteiger partial charge in [-0.25, -0.2) is 0 Å². The first kappa shape index (κ1) is 28.4. The summed E-state index contributed by atoms with van der Waals surface area (Å²) < 4.78 is 0. The normalized spacial score (nSPS) is 22.7. The van der Waals surface area contributed by atoms with E-state index in [-0.39, 0.29) is 28.7 Å². The summed E-state index contributed by atoms with van der Waals surface area (Å²) in [6.07, 6.45) is 3.84. The molecule has 8 nitrogen and oxygen atoms in total. The lowest BCUT2D eigenvalue weighted by atomic mass is 9.64. The number of para-hydroxylation sites is 2. The van der Waals surface area contributed by atoms with Gasteiger partial charge in [-0.15, -0.1) is 0 Å². The molecule has 0 radical (unpaired) electrons. The van der Waals surface area contributed by atoms with E-state index in [9.17, 15) is 24.5 Å². The molecule has 7 rings (SSSR count).